The zero-order valence-electron chi connectivity index (χ0n) is 21.8. The summed E-state index contributed by atoms with van der Waals surface area (Å²) in [5, 5.41) is 10.4. The Morgan fingerprint density at radius 2 is 1.95 bits per heavy atom. The van der Waals surface area contributed by atoms with E-state index in [0.29, 0.717) is 57.2 Å². The van der Waals surface area contributed by atoms with Crippen molar-refractivity contribution in [2.75, 3.05) is 52.6 Å². The highest BCUT2D eigenvalue weighted by atomic mass is 16.7. The topological polar surface area (TPSA) is 126 Å². The van der Waals surface area contributed by atoms with E-state index in [2.05, 4.69) is 6.92 Å². The van der Waals surface area contributed by atoms with Gasteiger partial charge >= 0.3 is 5.97 Å². The number of aliphatic carboxylic acids is 1. The minimum Gasteiger partial charge on any atom is -0.481 e. The number of nitrogens with zero attached hydrogens (tertiary/aromatic N) is 3. The molecule has 3 heterocycles. The molecule has 2 amide bonds. The van der Waals surface area contributed by atoms with Gasteiger partial charge in [-0.05, 0) is 49.9 Å². The summed E-state index contributed by atoms with van der Waals surface area (Å²) in [6.07, 6.45) is 4.86. The molecule has 10 nitrogen and oxygen atoms in total. The summed E-state index contributed by atoms with van der Waals surface area (Å²) in [5.74, 6) is -0.726. The summed E-state index contributed by atoms with van der Waals surface area (Å²) in [6, 6.07) is 5.09. The van der Waals surface area contributed by atoms with Gasteiger partial charge in [0.25, 0.3) is 0 Å². The molecule has 3 atom stereocenters. The quantitative estimate of drug-likeness (QED) is 0.381. The molecule has 3 aliphatic rings. The summed E-state index contributed by atoms with van der Waals surface area (Å²) >= 11 is 0. The van der Waals surface area contributed by atoms with E-state index in [1.807, 2.05) is 28.0 Å². The second kappa shape index (κ2) is 12.6. The first-order valence-electron chi connectivity index (χ1n) is 13.5. The summed E-state index contributed by atoms with van der Waals surface area (Å²) in [7, 11) is 0. The van der Waals surface area contributed by atoms with E-state index in [0.717, 1.165) is 37.7 Å². The van der Waals surface area contributed by atoms with Crippen LogP contribution in [0.4, 0.5) is 0 Å². The van der Waals surface area contributed by atoms with Crippen molar-refractivity contribution in [3.05, 3.63) is 23.8 Å². The van der Waals surface area contributed by atoms with Crippen molar-refractivity contribution in [1.82, 2.24) is 14.7 Å². The zero-order chi connectivity index (χ0) is 26.4. The van der Waals surface area contributed by atoms with E-state index in [4.69, 9.17) is 15.2 Å². The first-order chi connectivity index (χ1) is 17.9. The standard InChI is InChI=1S/C27H40N4O6/c1-2-3-11-29(12-5-4-10-28)25(33)17-31-15-20(19-8-9-22-23(14-19)37-18-36-22)26(27(34)35)21(31)16-30-13-6-7-24(30)32/h8-9,14,20-21,26H,2-7,10-13,15-18,28H2,1H3,(H,34,35)/t20-,21+,26-/m1/s1. The molecule has 2 fully saturated rings. The SMILES string of the molecule is CCCCN(CCCCN)C(=O)CN1C[C@H](c2ccc3c(c2)OCO3)[C@@H](C(=O)O)[C@@H]1CN1CCCC1=O. The van der Waals surface area contributed by atoms with Crippen LogP contribution in [-0.2, 0) is 14.4 Å². The normalized spacial score (nSPS) is 23.1. The Morgan fingerprint density at radius 3 is 2.65 bits per heavy atom. The molecule has 2 saturated heterocycles. The third kappa shape index (κ3) is 6.35. The summed E-state index contributed by atoms with van der Waals surface area (Å²) in [6.45, 7) is 5.63. The molecule has 37 heavy (non-hydrogen) atoms. The molecule has 4 rings (SSSR count). The summed E-state index contributed by atoms with van der Waals surface area (Å²) < 4.78 is 11.0. The number of fused-ring (bicyclic) bond motifs is 1. The van der Waals surface area contributed by atoms with Gasteiger partial charge in [0, 0.05) is 51.1 Å². The number of carboxylic acid groups (broad SMARTS) is 1. The predicted molar refractivity (Wildman–Crippen MR) is 137 cm³/mol. The van der Waals surface area contributed by atoms with Crippen molar-refractivity contribution < 1.29 is 29.0 Å². The van der Waals surface area contributed by atoms with Crippen LogP contribution in [0.5, 0.6) is 11.5 Å². The van der Waals surface area contributed by atoms with Gasteiger partial charge in [-0.15, -0.1) is 0 Å². The number of carboxylic acids is 1. The largest absolute Gasteiger partial charge is 0.481 e. The molecule has 1 aromatic rings. The number of carbonyl (C=O) groups is 3. The highest BCUT2D eigenvalue weighted by Crippen LogP contribution is 2.42. The van der Waals surface area contributed by atoms with Crippen LogP contribution >= 0.6 is 0 Å². The van der Waals surface area contributed by atoms with Gasteiger partial charge in [0.15, 0.2) is 11.5 Å². The first kappa shape index (κ1) is 27.2. The molecule has 1 aromatic carbocycles. The van der Waals surface area contributed by atoms with E-state index in [1.54, 1.807) is 4.90 Å². The van der Waals surface area contributed by atoms with Crippen LogP contribution in [0.15, 0.2) is 18.2 Å². The lowest BCUT2D eigenvalue weighted by atomic mass is 9.85. The first-order valence-corrected chi connectivity index (χ1v) is 13.5. The second-order valence-corrected chi connectivity index (χ2v) is 10.3. The van der Waals surface area contributed by atoms with Crippen molar-refractivity contribution in [2.24, 2.45) is 11.7 Å². The van der Waals surface area contributed by atoms with Gasteiger partial charge in [0.1, 0.15) is 0 Å². The molecule has 3 N–H and O–H groups in total. The highest BCUT2D eigenvalue weighted by molar-refractivity contribution is 5.80. The van der Waals surface area contributed by atoms with Gasteiger partial charge < -0.3 is 30.1 Å². The van der Waals surface area contributed by atoms with Gasteiger partial charge in [0.2, 0.25) is 18.6 Å². The minimum atomic E-state index is -0.917. The molecule has 0 saturated carbocycles. The number of amides is 2. The molecule has 0 unspecified atom stereocenters. The lowest BCUT2D eigenvalue weighted by Crippen LogP contribution is -2.49. The smallest absolute Gasteiger partial charge is 0.308 e. The Labute approximate surface area is 218 Å². The molecule has 0 aromatic heterocycles. The van der Waals surface area contributed by atoms with E-state index < -0.39 is 17.9 Å². The van der Waals surface area contributed by atoms with Crippen molar-refractivity contribution in [2.45, 2.75) is 57.4 Å². The number of carbonyl (C=O) groups excluding carboxylic acids is 2. The van der Waals surface area contributed by atoms with E-state index in [1.165, 1.54) is 0 Å². The number of unbranched alkanes of at least 4 members (excludes halogenated alkanes) is 2. The maximum Gasteiger partial charge on any atom is 0.308 e. The van der Waals surface area contributed by atoms with E-state index >= 15 is 0 Å². The van der Waals surface area contributed by atoms with Crippen molar-refractivity contribution >= 4 is 17.8 Å². The van der Waals surface area contributed by atoms with Gasteiger partial charge in [-0.1, -0.05) is 19.4 Å². The number of rotatable bonds is 13. The van der Waals surface area contributed by atoms with E-state index in [-0.39, 0.29) is 31.1 Å². The van der Waals surface area contributed by atoms with Crippen LogP contribution in [-0.4, -0.2) is 96.2 Å². The third-order valence-corrected chi connectivity index (χ3v) is 7.79. The van der Waals surface area contributed by atoms with Crippen LogP contribution in [0, 0.1) is 5.92 Å². The fourth-order valence-electron chi connectivity index (χ4n) is 5.75. The minimum absolute atomic E-state index is 0.00121. The van der Waals surface area contributed by atoms with Gasteiger partial charge in [-0.3, -0.25) is 19.3 Å². The van der Waals surface area contributed by atoms with Crippen LogP contribution < -0.4 is 15.2 Å². The molecule has 3 aliphatic heterocycles. The monoisotopic (exact) mass is 516 g/mol. The Balaban J connectivity index is 1.58. The second-order valence-electron chi connectivity index (χ2n) is 10.3. The van der Waals surface area contributed by atoms with Crippen molar-refractivity contribution in [1.29, 1.82) is 0 Å². The number of hydrogen-bond acceptors (Lipinski definition) is 7. The highest BCUT2D eigenvalue weighted by Gasteiger charge is 2.48. The number of benzene rings is 1. The summed E-state index contributed by atoms with van der Waals surface area (Å²) in [4.78, 5) is 44.3. The van der Waals surface area contributed by atoms with Crippen molar-refractivity contribution in [3.8, 4) is 11.5 Å². The van der Waals surface area contributed by atoms with Gasteiger partial charge in [0.05, 0.1) is 12.5 Å². The lowest BCUT2D eigenvalue weighted by Gasteiger charge is -2.32. The predicted octanol–water partition coefficient (Wildman–Crippen LogP) is 1.87. The number of ether oxygens (including phenoxy) is 2. The van der Waals surface area contributed by atoms with E-state index in [9.17, 15) is 19.5 Å². The third-order valence-electron chi connectivity index (χ3n) is 7.79. The van der Waals surface area contributed by atoms with Crippen molar-refractivity contribution in [3.63, 3.8) is 0 Å². The van der Waals surface area contributed by atoms with Crippen LogP contribution in [0.25, 0.3) is 0 Å². The van der Waals surface area contributed by atoms with Gasteiger partial charge in [-0.25, -0.2) is 0 Å². The van der Waals surface area contributed by atoms with Crippen LogP contribution in [0.2, 0.25) is 0 Å². The maximum absolute atomic E-state index is 13.5. The Hall–Kier alpha value is -2.85. The zero-order valence-corrected chi connectivity index (χ0v) is 21.8. The summed E-state index contributed by atoms with van der Waals surface area (Å²) in [5.41, 5.74) is 6.50. The number of nitrogens with two attached hydrogens (primary N) is 1. The molecule has 0 radical (unpaired) electrons. The Bertz CT molecular complexity index is 972. The van der Waals surface area contributed by atoms with Crippen LogP contribution in [0.1, 0.15) is 56.9 Å². The Morgan fingerprint density at radius 1 is 1.16 bits per heavy atom. The molecule has 0 aliphatic carbocycles. The van der Waals surface area contributed by atoms with Crippen LogP contribution in [0.3, 0.4) is 0 Å². The average molecular weight is 517 g/mol. The molecule has 0 bridgehead atoms. The average Bonchev–Trinajstić information content (AvgIpc) is 3.60. The number of likely N-dealkylation sites (tertiary alicyclic amines) is 2. The molecular weight excluding hydrogens is 476 g/mol. The maximum atomic E-state index is 13.5. The Kier molecular flexibility index (Phi) is 9.26. The molecule has 10 heteroatoms. The molecule has 0 spiro atoms. The fourth-order valence-corrected chi connectivity index (χ4v) is 5.75. The lowest BCUT2D eigenvalue weighted by molar-refractivity contribution is -0.144. The molecular formula is C27H40N4O6. The fraction of sp³-hybridized carbons (Fsp3) is 0.667. The molecule has 204 valence electrons. The number of hydrogen-bond donors (Lipinski definition) is 2. The van der Waals surface area contributed by atoms with Gasteiger partial charge in [-0.2, -0.15) is 0 Å².